The van der Waals surface area contributed by atoms with Crippen molar-refractivity contribution in [2.45, 2.75) is 35.5 Å². The van der Waals surface area contributed by atoms with Crippen LogP contribution in [-0.4, -0.2) is 22.2 Å². The number of thioether (sulfide) groups is 2. The number of esters is 2. The predicted molar refractivity (Wildman–Crippen MR) is 132 cm³/mol. The lowest BCUT2D eigenvalue weighted by molar-refractivity contribution is -0.129. The lowest BCUT2D eigenvalue weighted by Crippen LogP contribution is -2.30. The van der Waals surface area contributed by atoms with Crippen LogP contribution in [0.1, 0.15) is 25.7 Å². The van der Waals surface area contributed by atoms with E-state index >= 15 is 0 Å². The molecule has 2 atom stereocenters. The minimum absolute atomic E-state index is 0.0406. The molecule has 1 aliphatic carbocycles. The van der Waals surface area contributed by atoms with Crippen molar-refractivity contribution in [1.29, 1.82) is 0 Å². The van der Waals surface area contributed by atoms with Crippen molar-refractivity contribution >= 4 is 45.7 Å². The van der Waals surface area contributed by atoms with Gasteiger partial charge in [0, 0.05) is 33.8 Å². The van der Waals surface area contributed by atoms with Gasteiger partial charge in [0.1, 0.15) is 11.5 Å². The van der Waals surface area contributed by atoms with Gasteiger partial charge in [0.15, 0.2) is 10.2 Å². The molecule has 0 amide bonds. The van der Waals surface area contributed by atoms with Crippen LogP contribution < -0.4 is 9.47 Å². The zero-order chi connectivity index (χ0) is 24.5. The Morgan fingerprint density at radius 3 is 1.35 bits per heavy atom. The van der Waals surface area contributed by atoms with Gasteiger partial charge in [0.25, 0.3) is 0 Å². The largest absolute Gasteiger partial charge is 0.423 e. The average molecular weight is 497 g/mol. The fraction of sp³-hybridized carbons (Fsp3) is 0.231. The molecule has 0 radical (unpaired) electrons. The summed E-state index contributed by atoms with van der Waals surface area (Å²) in [6.45, 7) is 6.71. The van der Waals surface area contributed by atoms with Gasteiger partial charge in [-0.25, -0.2) is 9.59 Å². The van der Waals surface area contributed by atoms with E-state index in [1.54, 1.807) is 48.5 Å². The second-order valence-electron chi connectivity index (χ2n) is 7.53. The summed E-state index contributed by atoms with van der Waals surface area (Å²) in [5.41, 5.74) is 0. The Bertz CT molecular complexity index is 988. The maximum Gasteiger partial charge on any atom is 0.335 e. The third-order valence-electron chi connectivity index (χ3n) is 5.23. The maximum atomic E-state index is 13.1. The van der Waals surface area contributed by atoms with Gasteiger partial charge in [-0.3, -0.25) is 9.59 Å². The maximum absolute atomic E-state index is 13.1. The van der Waals surface area contributed by atoms with Crippen LogP contribution in [0.2, 0.25) is 0 Å². The molecule has 0 saturated heterocycles. The Labute approximate surface area is 206 Å². The van der Waals surface area contributed by atoms with Crippen molar-refractivity contribution in [2.75, 3.05) is 0 Å². The zero-order valence-electron chi connectivity index (χ0n) is 18.4. The van der Waals surface area contributed by atoms with E-state index in [4.69, 9.17) is 9.47 Å². The highest BCUT2D eigenvalue weighted by molar-refractivity contribution is 8.14. The summed E-state index contributed by atoms with van der Waals surface area (Å²) in [5.74, 6) is -1.08. The SMILES string of the molecule is C=CC(=O)Oc1ccc(SC(=O)[C@H]2CCCC[C@@H]2C(=O)Sc2ccc(OC(=O)C=C)cc2)cc1. The molecule has 0 spiro atoms. The number of rotatable bonds is 8. The van der Waals surface area contributed by atoms with Gasteiger partial charge in [-0.05, 0) is 61.4 Å². The van der Waals surface area contributed by atoms with Crippen molar-refractivity contribution in [2.24, 2.45) is 11.8 Å². The molecule has 2 aromatic carbocycles. The van der Waals surface area contributed by atoms with Gasteiger partial charge in [0.2, 0.25) is 0 Å². The molecule has 34 heavy (non-hydrogen) atoms. The molecule has 2 aromatic rings. The average Bonchev–Trinajstić information content (AvgIpc) is 2.86. The molecule has 3 rings (SSSR count). The molecule has 1 fully saturated rings. The monoisotopic (exact) mass is 496 g/mol. The summed E-state index contributed by atoms with van der Waals surface area (Å²) < 4.78 is 10.1. The first kappa shape index (κ1) is 25.5. The normalized spacial score (nSPS) is 17.3. The molecule has 1 saturated carbocycles. The molecule has 0 bridgehead atoms. The van der Waals surface area contributed by atoms with Crippen LogP contribution in [0.25, 0.3) is 0 Å². The molecule has 0 heterocycles. The van der Waals surface area contributed by atoms with Crippen LogP contribution >= 0.6 is 23.5 Å². The van der Waals surface area contributed by atoms with Gasteiger partial charge in [0.05, 0.1) is 0 Å². The molecule has 0 unspecified atom stereocenters. The molecular formula is C26H24O6S2. The predicted octanol–water partition coefficient (Wildman–Crippen LogP) is 5.61. The summed E-state index contributed by atoms with van der Waals surface area (Å²) in [6.07, 6.45) is 5.33. The Morgan fingerprint density at radius 1 is 0.676 bits per heavy atom. The van der Waals surface area contributed by atoms with Gasteiger partial charge in [-0.15, -0.1) is 0 Å². The van der Waals surface area contributed by atoms with Crippen LogP contribution in [0, 0.1) is 11.8 Å². The van der Waals surface area contributed by atoms with E-state index in [2.05, 4.69) is 13.2 Å². The first-order valence-electron chi connectivity index (χ1n) is 10.7. The number of benzene rings is 2. The summed E-state index contributed by atoms with van der Waals surface area (Å²) >= 11 is 2.21. The first-order valence-corrected chi connectivity index (χ1v) is 12.3. The molecular weight excluding hydrogens is 472 g/mol. The van der Waals surface area contributed by atoms with Crippen LogP contribution in [0.5, 0.6) is 11.5 Å². The van der Waals surface area contributed by atoms with Gasteiger partial charge >= 0.3 is 11.9 Å². The standard InChI is InChI=1S/C26H24O6S2/c1-3-23(27)31-17-9-13-19(14-10-17)33-25(29)21-7-5-6-8-22(21)26(30)34-20-15-11-18(12-16-20)32-24(28)4-2/h3-4,9-16,21-22H,1-2,5-8H2/t21-,22-/m0/s1. The van der Waals surface area contributed by atoms with Crippen molar-refractivity contribution in [3.8, 4) is 11.5 Å². The summed E-state index contributed by atoms with van der Waals surface area (Å²) in [4.78, 5) is 50.2. The van der Waals surface area contributed by atoms with Crippen LogP contribution in [0.3, 0.4) is 0 Å². The third-order valence-corrected chi connectivity index (χ3v) is 7.25. The lowest BCUT2D eigenvalue weighted by Gasteiger charge is -2.28. The number of hydrogen-bond acceptors (Lipinski definition) is 8. The smallest absolute Gasteiger partial charge is 0.335 e. The number of carbonyl (C=O) groups is 4. The van der Waals surface area contributed by atoms with E-state index in [9.17, 15) is 19.2 Å². The Hall–Kier alpha value is -3.10. The lowest BCUT2D eigenvalue weighted by atomic mass is 9.81. The van der Waals surface area contributed by atoms with E-state index in [0.29, 0.717) is 24.3 Å². The molecule has 8 heteroatoms. The minimum atomic E-state index is -0.551. The molecule has 1 aliphatic rings. The van der Waals surface area contributed by atoms with Crippen LogP contribution in [0.15, 0.2) is 83.6 Å². The Morgan fingerprint density at radius 2 is 1.03 bits per heavy atom. The topological polar surface area (TPSA) is 86.7 Å². The summed E-state index contributed by atoms with van der Waals surface area (Å²) in [5, 5.41) is -0.0812. The highest BCUT2D eigenvalue weighted by Crippen LogP contribution is 2.39. The second-order valence-corrected chi connectivity index (χ2v) is 9.69. The summed E-state index contributed by atoms with van der Waals surface area (Å²) in [6, 6.07) is 13.3. The fourth-order valence-corrected chi connectivity index (χ4v) is 5.42. The molecule has 6 nitrogen and oxygen atoms in total. The minimum Gasteiger partial charge on any atom is -0.423 e. The number of hydrogen-bond donors (Lipinski definition) is 0. The highest BCUT2D eigenvalue weighted by Gasteiger charge is 2.36. The van der Waals surface area contributed by atoms with E-state index in [1.807, 2.05) is 0 Å². The van der Waals surface area contributed by atoms with E-state index in [-0.39, 0.29) is 22.1 Å². The fourth-order valence-electron chi connectivity index (χ4n) is 3.55. The highest BCUT2D eigenvalue weighted by atomic mass is 32.2. The van der Waals surface area contributed by atoms with E-state index in [1.165, 1.54) is 0 Å². The van der Waals surface area contributed by atoms with Crippen molar-refractivity contribution in [1.82, 2.24) is 0 Å². The van der Waals surface area contributed by atoms with Gasteiger partial charge in [-0.2, -0.15) is 0 Å². The number of ether oxygens (including phenoxy) is 2. The molecule has 0 aliphatic heterocycles. The van der Waals surface area contributed by atoms with E-state index in [0.717, 1.165) is 58.3 Å². The van der Waals surface area contributed by atoms with E-state index < -0.39 is 11.9 Å². The summed E-state index contributed by atoms with van der Waals surface area (Å²) in [7, 11) is 0. The van der Waals surface area contributed by atoms with Crippen LogP contribution in [-0.2, 0) is 19.2 Å². The Balaban J connectivity index is 1.61. The Kier molecular flexibility index (Phi) is 9.30. The molecule has 0 aromatic heterocycles. The van der Waals surface area contributed by atoms with Gasteiger partial charge < -0.3 is 9.47 Å². The second kappa shape index (κ2) is 12.4. The molecule has 176 valence electrons. The first-order chi connectivity index (χ1) is 16.4. The van der Waals surface area contributed by atoms with Crippen molar-refractivity contribution in [3.63, 3.8) is 0 Å². The zero-order valence-corrected chi connectivity index (χ0v) is 20.1. The number of carbonyl (C=O) groups excluding carboxylic acids is 4. The van der Waals surface area contributed by atoms with Crippen molar-refractivity contribution in [3.05, 3.63) is 73.8 Å². The third kappa shape index (κ3) is 7.20. The molecule has 0 N–H and O–H groups in total. The van der Waals surface area contributed by atoms with Gasteiger partial charge in [-0.1, -0.05) is 49.5 Å². The van der Waals surface area contributed by atoms with Crippen molar-refractivity contribution < 1.29 is 28.7 Å². The van der Waals surface area contributed by atoms with Crippen LogP contribution in [0.4, 0.5) is 0 Å². The quantitative estimate of drug-likeness (QED) is 0.202.